The summed E-state index contributed by atoms with van der Waals surface area (Å²) in [6.45, 7) is 4.54. The number of piperidine rings is 1. The first-order valence-corrected chi connectivity index (χ1v) is 11.3. The third kappa shape index (κ3) is 4.80. The van der Waals surface area contributed by atoms with E-state index in [0.29, 0.717) is 49.2 Å². The lowest BCUT2D eigenvalue weighted by Gasteiger charge is -2.33. The van der Waals surface area contributed by atoms with Crippen molar-refractivity contribution in [2.45, 2.75) is 45.1 Å². The van der Waals surface area contributed by atoms with Crippen molar-refractivity contribution in [3.63, 3.8) is 0 Å². The van der Waals surface area contributed by atoms with Gasteiger partial charge in [-0.3, -0.25) is 4.79 Å². The zero-order valence-corrected chi connectivity index (χ0v) is 19.1. The summed E-state index contributed by atoms with van der Waals surface area (Å²) in [5.41, 5.74) is 2.59. The lowest BCUT2D eigenvalue weighted by atomic mass is 10.1. The zero-order chi connectivity index (χ0) is 22.5. The second-order valence-corrected chi connectivity index (χ2v) is 8.04. The van der Waals surface area contributed by atoms with Gasteiger partial charge in [0.25, 0.3) is 5.91 Å². The molecule has 1 aromatic heterocycles. The average Bonchev–Trinajstić information content (AvgIpc) is 3.09. The summed E-state index contributed by atoms with van der Waals surface area (Å²) in [6, 6.07) is 5.26. The van der Waals surface area contributed by atoms with Crippen molar-refractivity contribution in [2.24, 2.45) is 0 Å². The van der Waals surface area contributed by atoms with Crippen LogP contribution in [0.2, 0.25) is 0 Å². The number of hydrogen-bond donors (Lipinski definition) is 0. The molecule has 1 aromatic carbocycles. The Morgan fingerprint density at radius 1 is 1.19 bits per heavy atom. The van der Waals surface area contributed by atoms with Crippen LogP contribution in [0.15, 0.2) is 18.2 Å². The van der Waals surface area contributed by atoms with Crippen LogP contribution >= 0.6 is 0 Å². The summed E-state index contributed by atoms with van der Waals surface area (Å²) in [7, 11) is 3.15. The molecule has 172 valence electrons. The molecule has 0 bridgehead atoms. The molecule has 0 aliphatic carbocycles. The van der Waals surface area contributed by atoms with Gasteiger partial charge in [-0.25, -0.2) is 4.98 Å². The van der Waals surface area contributed by atoms with Gasteiger partial charge >= 0.3 is 0 Å². The molecule has 3 heterocycles. The van der Waals surface area contributed by atoms with Crippen LogP contribution in [0.3, 0.4) is 0 Å². The van der Waals surface area contributed by atoms with Crippen LogP contribution in [0.5, 0.6) is 17.4 Å². The van der Waals surface area contributed by atoms with Gasteiger partial charge in [0.1, 0.15) is 23.4 Å². The third-order valence-electron chi connectivity index (χ3n) is 5.98. The van der Waals surface area contributed by atoms with Gasteiger partial charge in [-0.1, -0.05) is 6.92 Å². The molecule has 8 heteroatoms. The molecule has 8 nitrogen and oxygen atoms in total. The second-order valence-electron chi connectivity index (χ2n) is 8.04. The highest BCUT2D eigenvalue weighted by molar-refractivity contribution is 5.97. The van der Waals surface area contributed by atoms with Gasteiger partial charge in [-0.05, 0) is 25.0 Å². The number of hydrogen-bond acceptors (Lipinski definition) is 7. The number of fused-ring (bicyclic) bond motifs is 1. The molecule has 1 unspecified atom stereocenters. The van der Waals surface area contributed by atoms with Gasteiger partial charge in [-0.15, -0.1) is 0 Å². The molecular formula is C24H31N3O5. The van der Waals surface area contributed by atoms with E-state index in [1.807, 2.05) is 11.8 Å². The van der Waals surface area contributed by atoms with Crippen molar-refractivity contribution >= 4 is 5.91 Å². The number of methoxy groups -OCH3 is 2. The summed E-state index contributed by atoms with van der Waals surface area (Å²) in [5, 5.41) is 0. The quantitative estimate of drug-likeness (QED) is 0.682. The number of nitrogens with zero attached hydrogens (tertiary/aromatic N) is 3. The van der Waals surface area contributed by atoms with Crippen molar-refractivity contribution in [3.8, 4) is 17.4 Å². The molecular weight excluding hydrogens is 410 g/mol. The van der Waals surface area contributed by atoms with Crippen molar-refractivity contribution in [3.05, 3.63) is 40.8 Å². The minimum absolute atomic E-state index is 0.0676. The molecule has 32 heavy (non-hydrogen) atoms. The molecule has 0 N–H and O–H groups in total. The Morgan fingerprint density at radius 2 is 2.03 bits per heavy atom. The topological polar surface area (TPSA) is 83.0 Å². The van der Waals surface area contributed by atoms with E-state index in [4.69, 9.17) is 23.9 Å². The van der Waals surface area contributed by atoms with Crippen LogP contribution < -0.4 is 14.2 Å². The van der Waals surface area contributed by atoms with Crippen LogP contribution in [0, 0.1) is 0 Å². The van der Waals surface area contributed by atoms with Gasteiger partial charge in [-0.2, -0.15) is 4.98 Å². The SMILES string of the molecule is CCc1nc2c(c(OC3CCCN(C(=O)c4ccc(OC)cc4OC)C3)n1)CCOCC2. The number of likely N-dealkylation sites (tertiary alicyclic amines) is 1. The van der Waals surface area contributed by atoms with Crippen LogP contribution in [0.25, 0.3) is 0 Å². The maximum atomic E-state index is 13.3. The second kappa shape index (κ2) is 10.2. The van der Waals surface area contributed by atoms with Crippen LogP contribution in [0.4, 0.5) is 0 Å². The third-order valence-corrected chi connectivity index (χ3v) is 5.98. The van der Waals surface area contributed by atoms with E-state index >= 15 is 0 Å². The Labute approximate surface area is 188 Å². The van der Waals surface area contributed by atoms with E-state index in [9.17, 15) is 4.79 Å². The van der Waals surface area contributed by atoms with E-state index in [1.54, 1.807) is 32.4 Å². The predicted molar refractivity (Wildman–Crippen MR) is 119 cm³/mol. The lowest BCUT2D eigenvalue weighted by molar-refractivity contribution is 0.0521. The highest BCUT2D eigenvalue weighted by atomic mass is 16.5. The molecule has 4 rings (SSSR count). The highest BCUT2D eigenvalue weighted by Gasteiger charge is 2.29. The van der Waals surface area contributed by atoms with Gasteiger partial charge < -0.3 is 23.8 Å². The van der Waals surface area contributed by atoms with Gasteiger partial charge in [0, 0.05) is 37.4 Å². The number of rotatable bonds is 6. The van der Waals surface area contributed by atoms with Crippen molar-refractivity contribution in [1.82, 2.24) is 14.9 Å². The maximum Gasteiger partial charge on any atom is 0.257 e. The van der Waals surface area contributed by atoms with Crippen LogP contribution in [-0.2, 0) is 24.0 Å². The Bertz CT molecular complexity index is 965. The molecule has 1 atom stereocenters. The summed E-state index contributed by atoms with van der Waals surface area (Å²) in [6.07, 6.45) is 3.88. The standard InChI is InChI=1S/C24H31N3O5/c1-4-22-25-20-10-13-31-12-9-18(20)23(26-22)32-17-6-5-11-27(15-17)24(28)19-8-7-16(29-2)14-21(19)30-3/h7-8,14,17H,4-6,9-13,15H2,1-3H3. The van der Waals surface area contributed by atoms with E-state index < -0.39 is 0 Å². The Kier molecular flexibility index (Phi) is 7.09. The smallest absolute Gasteiger partial charge is 0.257 e. The molecule has 2 aliphatic rings. The molecule has 0 radical (unpaired) electrons. The average molecular weight is 442 g/mol. The van der Waals surface area contributed by atoms with Gasteiger partial charge in [0.15, 0.2) is 0 Å². The maximum absolute atomic E-state index is 13.3. The number of aromatic nitrogens is 2. The van der Waals surface area contributed by atoms with Crippen molar-refractivity contribution < 1.29 is 23.7 Å². The zero-order valence-electron chi connectivity index (χ0n) is 19.1. The number of carbonyl (C=O) groups is 1. The van der Waals surface area contributed by atoms with E-state index in [1.165, 1.54) is 0 Å². The normalized spacial score (nSPS) is 18.5. The molecule has 2 aromatic rings. The minimum atomic E-state index is -0.121. The summed E-state index contributed by atoms with van der Waals surface area (Å²) in [4.78, 5) is 24.5. The van der Waals surface area contributed by atoms with E-state index in [0.717, 1.165) is 49.2 Å². The number of ether oxygens (including phenoxy) is 4. The minimum Gasteiger partial charge on any atom is -0.497 e. The number of amides is 1. The highest BCUT2D eigenvalue weighted by Crippen LogP contribution is 2.29. The number of aryl methyl sites for hydroxylation is 1. The Hall–Kier alpha value is -2.87. The molecule has 1 fully saturated rings. The first kappa shape index (κ1) is 22.3. The molecule has 1 amide bonds. The summed E-state index contributed by atoms with van der Waals surface area (Å²) in [5.74, 6) is 2.53. The lowest BCUT2D eigenvalue weighted by Crippen LogP contribution is -2.44. The molecule has 2 aliphatic heterocycles. The monoisotopic (exact) mass is 441 g/mol. The van der Waals surface area contributed by atoms with Crippen LogP contribution in [0.1, 0.15) is 47.2 Å². The van der Waals surface area contributed by atoms with E-state index in [2.05, 4.69) is 4.98 Å². The molecule has 0 saturated carbocycles. The fourth-order valence-electron chi connectivity index (χ4n) is 4.24. The van der Waals surface area contributed by atoms with Crippen molar-refractivity contribution in [1.29, 1.82) is 0 Å². The first-order chi connectivity index (χ1) is 15.6. The Morgan fingerprint density at radius 3 is 2.81 bits per heavy atom. The molecule has 0 spiro atoms. The first-order valence-electron chi connectivity index (χ1n) is 11.3. The number of benzene rings is 1. The van der Waals surface area contributed by atoms with Gasteiger partial charge in [0.2, 0.25) is 5.88 Å². The van der Waals surface area contributed by atoms with Crippen molar-refractivity contribution in [2.75, 3.05) is 40.5 Å². The summed E-state index contributed by atoms with van der Waals surface area (Å²) < 4.78 is 22.7. The fourth-order valence-corrected chi connectivity index (χ4v) is 4.24. The van der Waals surface area contributed by atoms with E-state index in [-0.39, 0.29) is 12.0 Å². The number of carbonyl (C=O) groups excluding carboxylic acids is 1. The molecule has 1 saturated heterocycles. The fraction of sp³-hybridized carbons (Fsp3) is 0.542. The Balaban J connectivity index is 1.52. The largest absolute Gasteiger partial charge is 0.497 e. The van der Waals surface area contributed by atoms with Gasteiger partial charge in [0.05, 0.1) is 45.2 Å². The van der Waals surface area contributed by atoms with Crippen LogP contribution in [-0.4, -0.2) is 67.4 Å². The summed E-state index contributed by atoms with van der Waals surface area (Å²) >= 11 is 0. The predicted octanol–water partition coefficient (Wildman–Crippen LogP) is 2.86.